The first-order chi connectivity index (χ1) is 15.0. The molecule has 2 aromatic carbocycles. The number of carbonyl (C=O) groups is 1. The average Bonchev–Trinajstić information content (AvgIpc) is 3.20. The summed E-state index contributed by atoms with van der Waals surface area (Å²) in [5, 5.41) is 4.57. The first-order valence-electron chi connectivity index (χ1n) is 9.79. The Morgan fingerprint density at radius 3 is 2.39 bits per heavy atom. The van der Waals surface area contributed by atoms with Gasteiger partial charge in [0.1, 0.15) is 11.5 Å². The third-order valence-corrected chi connectivity index (χ3v) is 4.92. The van der Waals surface area contributed by atoms with Crippen LogP contribution in [0.5, 0.6) is 11.5 Å². The molecule has 0 aliphatic carbocycles. The van der Waals surface area contributed by atoms with Gasteiger partial charge in [-0.2, -0.15) is 4.98 Å². The number of hydrogen-bond donors (Lipinski definition) is 0. The van der Waals surface area contributed by atoms with E-state index in [9.17, 15) is 4.79 Å². The summed E-state index contributed by atoms with van der Waals surface area (Å²) in [4.78, 5) is 24.2. The van der Waals surface area contributed by atoms with Gasteiger partial charge in [-0.05, 0) is 44.2 Å². The van der Waals surface area contributed by atoms with E-state index in [0.717, 1.165) is 11.4 Å². The lowest BCUT2D eigenvalue weighted by molar-refractivity contribution is 0.0981. The molecule has 0 bridgehead atoms. The number of fused-ring (bicyclic) bond motifs is 1. The molecule has 1 amide bonds. The summed E-state index contributed by atoms with van der Waals surface area (Å²) in [6.45, 7) is 3.99. The summed E-state index contributed by atoms with van der Waals surface area (Å²) in [6.07, 6.45) is 0. The van der Waals surface area contributed by atoms with Gasteiger partial charge in [0.25, 0.3) is 11.7 Å². The first-order valence-corrected chi connectivity index (χ1v) is 9.79. The largest absolute Gasteiger partial charge is 0.496 e. The van der Waals surface area contributed by atoms with Crippen LogP contribution < -0.4 is 14.4 Å². The normalized spacial score (nSPS) is 10.8. The van der Waals surface area contributed by atoms with Crippen molar-refractivity contribution >= 4 is 17.4 Å². The maximum atomic E-state index is 13.6. The Morgan fingerprint density at radius 2 is 1.65 bits per heavy atom. The van der Waals surface area contributed by atoms with Gasteiger partial charge in [0.15, 0.2) is 5.82 Å². The van der Waals surface area contributed by atoms with Crippen molar-refractivity contribution in [3.8, 4) is 11.5 Å². The zero-order valence-electron chi connectivity index (χ0n) is 17.9. The Bertz CT molecular complexity index is 1250. The lowest BCUT2D eigenvalue weighted by Crippen LogP contribution is -2.31. The minimum absolute atomic E-state index is 0.138. The number of rotatable bonds is 6. The van der Waals surface area contributed by atoms with Crippen LogP contribution in [0.15, 0.2) is 54.6 Å². The van der Waals surface area contributed by atoms with Gasteiger partial charge in [-0.1, -0.05) is 24.3 Å². The highest BCUT2D eigenvalue weighted by Crippen LogP contribution is 2.31. The molecular weight excluding hydrogens is 394 g/mol. The van der Waals surface area contributed by atoms with Crippen LogP contribution in [0.3, 0.4) is 0 Å². The second-order valence-electron chi connectivity index (χ2n) is 7.04. The standard InChI is InChI=1S/C23H23N5O3/c1-15-13-16(2)28-23(24-15)25-21(26-28)14-27(18-10-6-8-12-20(18)31-4)22(29)17-9-5-7-11-19(17)30-3/h5-13H,14H2,1-4H3. The number of aryl methyl sites for hydroxylation is 2. The van der Waals surface area contributed by atoms with E-state index in [1.54, 1.807) is 41.8 Å². The minimum Gasteiger partial charge on any atom is -0.496 e. The molecule has 0 atom stereocenters. The van der Waals surface area contributed by atoms with Gasteiger partial charge in [-0.3, -0.25) is 9.69 Å². The molecule has 158 valence electrons. The maximum absolute atomic E-state index is 13.6. The second-order valence-corrected chi connectivity index (χ2v) is 7.04. The highest BCUT2D eigenvalue weighted by molar-refractivity contribution is 6.08. The van der Waals surface area contributed by atoms with Gasteiger partial charge in [0.05, 0.1) is 32.0 Å². The van der Waals surface area contributed by atoms with Crippen molar-refractivity contribution in [2.24, 2.45) is 0 Å². The quantitative estimate of drug-likeness (QED) is 0.477. The summed E-state index contributed by atoms with van der Waals surface area (Å²) in [6, 6.07) is 16.4. The van der Waals surface area contributed by atoms with Gasteiger partial charge in [0.2, 0.25) is 0 Å². The number of ether oxygens (including phenoxy) is 2. The number of nitrogens with zero attached hydrogens (tertiary/aromatic N) is 5. The van der Waals surface area contributed by atoms with Gasteiger partial charge >= 0.3 is 0 Å². The van der Waals surface area contributed by atoms with Crippen LogP contribution in [0, 0.1) is 13.8 Å². The van der Waals surface area contributed by atoms with Gasteiger partial charge in [-0.25, -0.2) is 9.50 Å². The number of carbonyl (C=O) groups excluding carboxylic acids is 1. The van der Waals surface area contributed by atoms with E-state index in [4.69, 9.17) is 9.47 Å². The predicted octanol–water partition coefficient (Wildman–Crippen LogP) is 3.61. The number of para-hydroxylation sites is 3. The van der Waals surface area contributed by atoms with Crippen molar-refractivity contribution in [3.05, 3.63) is 77.4 Å². The Morgan fingerprint density at radius 1 is 0.968 bits per heavy atom. The van der Waals surface area contributed by atoms with E-state index >= 15 is 0 Å². The topological polar surface area (TPSA) is 81.9 Å². The molecule has 0 radical (unpaired) electrons. The van der Waals surface area contributed by atoms with E-state index in [2.05, 4.69) is 15.1 Å². The van der Waals surface area contributed by atoms with E-state index in [-0.39, 0.29) is 12.5 Å². The molecular formula is C23H23N5O3. The van der Waals surface area contributed by atoms with Crippen LogP contribution in [-0.2, 0) is 6.54 Å². The summed E-state index contributed by atoms with van der Waals surface area (Å²) in [5.41, 5.74) is 2.82. The molecule has 0 unspecified atom stereocenters. The second kappa shape index (κ2) is 8.43. The Labute approximate surface area is 180 Å². The van der Waals surface area contributed by atoms with E-state index in [1.807, 2.05) is 50.2 Å². The van der Waals surface area contributed by atoms with Crippen LogP contribution in [0.1, 0.15) is 27.6 Å². The molecule has 0 saturated carbocycles. The van der Waals surface area contributed by atoms with Gasteiger partial charge < -0.3 is 9.47 Å². The molecule has 4 rings (SSSR count). The minimum atomic E-state index is -0.248. The molecule has 2 heterocycles. The SMILES string of the molecule is COc1ccccc1C(=O)N(Cc1nc2nc(C)cc(C)n2n1)c1ccccc1OC. The van der Waals surface area contributed by atoms with Crippen molar-refractivity contribution in [2.45, 2.75) is 20.4 Å². The van der Waals surface area contributed by atoms with Crippen LogP contribution in [0.4, 0.5) is 5.69 Å². The fraction of sp³-hybridized carbons (Fsp3) is 0.217. The summed E-state index contributed by atoms with van der Waals surface area (Å²) < 4.78 is 12.6. The first kappa shape index (κ1) is 20.3. The van der Waals surface area contributed by atoms with Crippen molar-refractivity contribution in [1.29, 1.82) is 0 Å². The van der Waals surface area contributed by atoms with Crippen molar-refractivity contribution in [3.63, 3.8) is 0 Å². The highest BCUT2D eigenvalue weighted by Gasteiger charge is 2.25. The predicted molar refractivity (Wildman–Crippen MR) is 117 cm³/mol. The fourth-order valence-corrected chi connectivity index (χ4v) is 3.50. The van der Waals surface area contributed by atoms with Crippen molar-refractivity contribution in [2.75, 3.05) is 19.1 Å². The molecule has 0 N–H and O–H groups in total. The van der Waals surface area contributed by atoms with Gasteiger partial charge in [-0.15, -0.1) is 5.10 Å². The number of amides is 1. The summed E-state index contributed by atoms with van der Waals surface area (Å²) in [7, 11) is 3.11. The molecule has 8 heteroatoms. The average molecular weight is 417 g/mol. The molecule has 0 saturated heterocycles. The summed E-state index contributed by atoms with van der Waals surface area (Å²) >= 11 is 0. The fourth-order valence-electron chi connectivity index (χ4n) is 3.50. The number of hydrogen-bond acceptors (Lipinski definition) is 6. The van der Waals surface area contributed by atoms with Crippen molar-refractivity contribution < 1.29 is 14.3 Å². The molecule has 31 heavy (non-hydrogen) atoms. The van der Waals surface area contributed by atoms with Crippen LogP contribution in [0.2, 0.25) is 0 Å². The highest BCUT2D eigenvalue weighted by atomic mass is 16.5. The Balaban J connectivity index is 1.81. The lowest BCUT2D eigenvalue weighted by atomic mass is 10.1. The molecule has 0 aliphatic rings. The molecule has 0 aliphatic heterocycles. The maximum Gasteiger partial charge on any atom is 0.262 e. The molecule has 4 aromatic rings. The van der Waals surface area contributed by atoms with E-state index in [0.29, 0.717) is 34.4 Å². The van der Waals surface area contributed by atoms with E-state index < -0.39 is 0 Å². The van der Waals surface area contributed by atoms with Gasteiger partial charge in [0, 0.05) is 11.4 Å². The van der Waals surface area contributed by atoms with Crippen LogP contribution in [-0.4, -0.2) is 39.7 Å². The number of anilines is 1. The Kier molecular flexibility index (Phi) is 5.53. The number of aromatic nitrogens is 4. The molecule has 0 fully saturated rings. The third kappa shape index (κ3) is 3.92. The van der Waals surface area contributed by atoms with Crippen molar-refractivity contribution in [1.82, 2.24) is 19.6 Å². The number of benzene rings is 2. The summed E-state index contributed by atoms with van der Waals surface area (Å²) in [5.74, 6) is 1.78. The smallest absolute Gasteiger partial charge is 0.262 e. The molecule has 0 spiro atoms. The monoisotopic (exact) mass is 417 g/mol. The van der Waals surface area contributed by atoms with Crippen LogP contribution >= 0.6 is 0 Å². The van der Waals surface area contributed by atoms with E-state index in [1.165, 1.54) is 0 Å². The zero-order chi connectivity index (χ0) is 22.0. The van der Waals surface area contributed by atoms with Crippen LogP contribution in [0.25, 0.3) is 5.78 Å². The Hall–Kier alpha value is -3.94. The molecule has 2 aromatic heterocycles. The zero-order valence-corrected chi connectivity index (χ0v) is 17.9. The third-order valence-electron chi connectivity index (χ3n) is 4.92. The molecule has 8 nitrogen and oxygen atoms in total. The lowest BCUT2D eigenvalue weighted by Gasteiger charge is -2.24. The number of methoxy groups -OCH3 is 2.